The topological polar surface area (TPSA) is 114 Å². The van der Waals surface area contributed by atoms with Gasteiger partial charge in [0, 0.05) is 12.8 Å². The fourth-order valence-electron chi connectivity index (χ4n) is 9.00. The van der Waals surface area contributed by atoms with Crippen LogP contribution in [0, 0.1) is 0 Å². The summed E-state index contributed by atoms with van der Waals surface area (Å²) in [6, 6.07) is -0.912. The highest BCUT2D eigenvalue weighted by atomic mass is 31.2. The van der Waals surface area contributed by atoms with Crippen LogP contribution in [-0.2, 0) is 27.9 Å². The molecule has 470 valence electrons. The highest BCUT2D eigenvalue weighted by molar-refractivity contribution is 7.45. The average Bonchev–Trinajstić information content (AvgIpc) is 3.47. The van der Waals surface area contributed by atoms with Crippen molar-refractivity contribution in [1.29, 1.82) is 0 Å². The lowest BCUT2D eigenvalue weighted by Crippen LogP contribution is -2.47. The highest BCUT2D eigenvalue weighted by Crippen LogP contribution is 2.38. The minimum atomic E-state index is -4.72. The lowest BCUT2D eigenvalue weighted by Gasteiger charge is -2.30. The molecule has 0 aromatic heterocycles. The van der Waals surface area contributed by atoms with Crippen molar-refractivity contribution in [2.45, 2.75) is 283 Å². The Bertz CT molecular complexity index is 1820. The summed E-state index contributed by atoms with van der Waals surface area (Å²) in [6.07, 6.45) is 84.5. The molecule has 10 heteroatoms. The Kier molecular flexibility index (Phi) is 57.9. The Labute approximate surface area is 505 Å². The van der Waals surface area contributed by atoms with Crippen molar-refractivity contribution in [1.82, 2.24) is 5.32 Å². The van der Waals surface area contributed by atoms with Crippen LogP contribution in [-0.4, -0.2) is 69.4 Å². The van der Waals surface area contributed by atoms with Crippen LogP contribution in [0.3, 0.4) is 0 Å². The van der Waals surface area contributed by atoms with E-state index in [1.165, 1.54) is 96.3 Å². The van der Waals surface area contributed by atoms with Gasteiger partial charge in [-0.05, 0) is 122 Å². The first-order valence-electron chi connectivity index (χ1n) is 33.3. The molecule has 3 unspecified atom stereocenters. The third-order valence-electron chi connectivity index (χ3n) is 14.1. The van der Waals surface area contributed by atoms with E-state index in [2.05, 4.69) is 135 Å². The summed E-state index contributed by atoms with van der Waals surface area (Å²) in [4.78, 5) is 40.1. The maximum Gasteiger partial charge on any atom is 0.306 e. The molecule has 9 nitrogen and oxygen atoms in total. The van der Waals surface area contributed by atoms with Gasteiger partial charge in [0.2, 0.25) is 5.91 Å². The van der Waals surface area contributed by atoms with Crippen molar-refractivity contribution in [2.75, 3.05) is 40.9 Å². The van der Waals surface area contributed by atoms with Crippen molar-refractivity contribution < 1.29 is 37.3 Å². The zero-order valence-corrected chi connectivity index (χ0v) is 54.5. The normalized spacial score (nSPS) is 14.4. The fraction of sp³-hybridized carbons (Fsp3) is 0.694. The first-order valence-corrected chi connectivity index (χ1v) is 34.8. The van der Waals surface area contributed by atoms with Crippen LogP contribution in [0.1, 0.15) is 271 Å². The molecule has 0 aliphatic carbocycles. The standard InChI is InChI=1S/C72H125N2O7P/c1-7-10-13-16-19-22-25-28-30-32-34-36-37-39-40-42-44-46-49-52-55-58-61-64-71(75)73-69(68-80-82(77,78)79-67-66-74(4,5)6)70(63-60-57-54-51-48-27-24-21-18-15-12-9-3)81-72(76)65-62-59-56-53-50-47-45-43-41-38-35-33-31-29-26-23-20-17-14-11-8-2/h10,13,19-20,22-23,28-31,34-36,38-40,43,45,60,63,69-70H,7-9,11-12,14-18,21,24-27,32-33,37,41-42,44,46-59,61-62,64-68H2,1-6H3,(H-,73,75,77,78)/b13-10-,22-19-,23-20-,30-28-,31-29-,36-34-,38-35-,40-39-,45-43-,63-60+. The van der Waals surface area contributed by atoms with Gasteiger partial charge in [-0.3, -0.25) is 14.2 Å². The summed E-state index contributed by atoms with van der Waals surface area (Å²) in [5.41, 5.74) is 0. The van der Waals surface area contributed by atoms with E-state index in [4.69, 9.17) is 13.8 Å². The number of ether oxygens (including phenoxy) is 1. The summed E-state index contributed by atoms with van der Waals surface area (Å²) in [5.74, 6) is -0.580. The first kappa shape index (κ1) is 78.4. The van der Waals surface area contributed by atoms with Gasteiger partial charge >= 0.3 is 5.97 Å². The molecule has 0 heterocycles. The van der Waals surface area contributed by atoms with Crippen LogP contribution in [0.4, 0.5) is 0 Å². The van der Waals surface area contributed by atoms with Crippen LogP contribution in [0.25, 0.3) is 0 Å². The molecule has 3 atom stereocenters. The summed E-state index contributed by atoms with van der Waals surface area (Å²) < 4.78 is 30.4. The smallest absolute Gasteiger partial charge is 0.306 e. The molecule has 0 rings (SSSR count). The number of phosphoric ester groups is 1. The van der Waals surface area contributed by atoms with Gasteiger partial charge in [-0.15, -0.1) is 0 Å². The van der Waals surface area contributed by atoms with Crippen LogP contribution < -0.4 is 10.2 Å². The minimum Gasteiger partial charge on any atom is -0.756 e. The van der Waals surface area contributed by atoms with E-state index in [-0.39, 0.29) is 24.9 Å². The van der Waals surface area contributed by atoms with Crippen molar-refractivity contribution in [2.24, 2.45) is 0 Å². The van der Waals surface area contributed by atoms with Gasteiger partial charge < -0.3 is 28.5 Å². The Balaban J connectivity index is 5.24. The van der Waals surface area contributed by atoms with Crippen LogP contribution in [0.5, 0.6) is 0 Å². The molecule has 1 amide bonds. The summed E-state index contributed by atoms with van der Waals surface area (Å²) in [7, 11) is 1.15. The largest absolute Gasteiger partial charge is 0.756 e. The zero-order chi connectivity index (χ0) is 60.0. The molecular formula is C72H125N2O7P. The summed E-state index contributed by atoms with van der Waals surface area (Å²) in [5, 5.41) is 3.02. The molecule has 0 spiro atoms. The molecule has 1 N–H and O–H groups in total. The number of hydrogen-bond donors (Lipinski definition) is 1. The predicted molar refractivity (Wildman–Crippen MR) is 353 cm³/mol. The predicted octanol–water partition coefficient (Wildman–Crippen LogP) is 20.4. The van der Waals surface area contributed by atoms with E-state index in [1.807, 2.05) is 33.3 Å². The van der Waals surface area contributed by atoms with Gasteiger partial charge in [0.25, 0.3) is 7.82 Å². The van der Waals surface area contributed by atoms with Gasteiger partial charge in [-0.25, -0.2) is 0 Å². The number of carbonyl (C=O) groups excluding carboxylic acids is 2. The van der Waals surface area contributed by atoms with E-state index in [0.717, 1.165) is 135 Å². The lowest BCUT2D eigenvalue weighted by molar-refractivity contribution is -0.870. The Morgan fingerprint density at radius 1 is 0.439 bits per heavy atom. The quantitative estimate of drug-likeness (QED) is 0.0212. The molecule has 0 saturated carbocycles. The lowest BCUT2D eigenvalue weighted by atomic mass is 10.0. The fourth-order valence-corrected chi connectivity index (χ4v) is 9.73. The van der Waals surface area contributed by atoms with E-state index in [9.17, 15) is 19.0 Å². The second-order valence-corrected chi connectivity index (χ2v) is 24.6. The van der Waals surface area contributed by atoms with E-state index in [1.54, 1.807) is 0 Å². The molecule has 0 fully saturated rings. The molecular weight excluding hydrogens is 1040 g/mol. The average molecular weight is 1160 g/mol. The monoisotopic (exact) mass is 1160 g/mol. The number of unbranched alkanes of at least 4 members (excludes halogenated alkanes) is 25. The molecule has 0 bridgehead atoms. The van der Waals surface area contributed by atoms with Crippen molar-refractivity contribution in [3.8, 4) is 0 Å². The van der Waals surface area contributed by atoms with Crippen molar-refractivity contribution in [3.63, 3.8) is 0 Å². The molecule has 0 aromatic carbocycles. The third-order valence-corrected chi connectivity index (χ3v) is 15.1. The summed E-state index contributed by atoms with van der Waals surface area (Å²) in [6.45, 7) is 6.67. The minimum absolute atomic E-state index is 0.0344. The van der Waals surface area contributed by atoms with E-state index in [0.29, 0.717) is 23.9 Å². The van der Waals surface area contributed by atoms with Gasteiger partial charge in [0.05, 0.1) is 33.8 Å². The number of carbonyl (C=O) groups is 2. The van der Waals surface area contributed by atoms with Crippen molar-refractivity contribution >= 4 is 19.7 Å². The Morgan fingerprint density at radius 3 is 1.20 bits per heavy atom. The van der Waals surface area contributed by atoms with Crippen LogP contribution >= 0.6 is 7.82 Å². The third kappa shape index (κ3) is 61.0. The Morgan fingerprint density at radius 2 is 0.780 bits per heavy atom. The Hall–Kier alpha value is -3.59. The molecule has 0 aliphatic rings. The number of phosphoric acid groups is 1. The number of nitrogens with one attached hydrogen (secondary N) is 1. The number of hydrogen-bond acceptors (Lipinski definition) is 7. The number of amides is 1. The van der Waals surface area contributed by atoms with Crippen molar-refractivity contribution in [3.05, 3.63) is 122 Å². The van der Waals surface area contributed by atoms with E-state index >= 15 is 0 Å². The number of quaternary nitrogens is 1. The molecule has 0 aliphatic heterocycles. The molecule has 0 aromatic rings. The van der Waals surface area contributed by atoms with Crippen LogP contribution in [0.15, 0.2) is 122 Å². The number of nitrogens with zero attached hydrogens (tertiary/aromatic N) is 1. The maximum absolute atomic E-state index is 13.6. The van der Waals surface area contributed by atoms with Gasteiger partial charge in [0.15, 0.2) is 0 Å². The molecule has 82 heavy (non-hydrogen) atoms. The maximum atomic E-state index is 13.6. The molecule has 0 radical (unpaired) electrons. The van der Waals surface area contributed by atoms with Gasteiger partial charge in [-0.2, -0.15) is 0 Å². The number of esters is 1. The summed E-state index contributed by atoms with van der Waals surface area (Å²) >= 11 is 0. The van der Waals surface area contributed by atoms with Gasteiger partial charge in [0.1, 0.15) is 19.3 Å². The highest BCUT2D eigenvalue weighted by Gasteiger charge is 2.27. The first-order chi connectivity index (χ1) is 39.9. The second kappa shape index (κ2) is 60.5. The van der Waals surface area contributed by atoms with Crippen LogP contribution in [0.2, 0.25) is 0 Å². The number of likely N-dealkylation sites (N-methyl/N-ethyl adjacent to an activating group) is 1. The van der Waals surface area contributed by atoms with E-state index < -0.39 is 26.6 Å². The molecule has 0 saturated heterocycles. The number of allylic oxidation sites excluding steroid dienone is 19. The number of rotatable bonds is 59. The second-order valence-electron chi connectivity index (χ2n) is 23.2. The van der Waals surface area contributed by atoms with Gasteiger partial charge in [-0.1, -0.05) is 258 Å². The SMILES string of the molecule is CC/C=C\C/C=C\C/C=C\C/C=C\C/C=C\CCCCCCCCCC(=O)NC(COP(=O)([O-])OCC[N+](C)(C)C)C(/C=C/CCCCCCCCCCCC)OC(=O)CCCCCCC/C=C\C/C=C\C/C=C\C/C=C\CCCCC. The zero-order valence-electron chi connectivity index (χ0n) is 53.7.